The van der Waals surface area contributed by atoms with E-state index in [0.717, 1.165) is 36.9 Å². The van der Waals surface area contributed by atoms with E-state index in [0.29, 0.717) is 6.04 Å². The third-order valence-corrected chi connectivity index (χ3v) is 4.22. The van der Waals surface area contributed by atoms with Crippen LogP contribution in [0.3, 0.4) is 0 Å². The predicted molar refractivity (Wildman–Crippen MR) is 76.7 cm³/mol. The summed E-state index contributed by atoms with van der Waals surface area (Å²) >= 11 is 3.45. The molecule has 0 amide bonds. The van der Waals surface area contributed by atoms with Crippen molar-refractivity contribution in [1.29, 1.82) is 0 Å². The maximum absolute atomic E-state index is 4.39. The van der Waals surface area contributed by atoms with Gasteiger partial charge in [0.05, 0.1) is 22.4 Å². The number of aromatic nitrogens is 4. The van der Waals surface area contributed by atoms with Crippen molar-refractivity contribution in [3.63, 3.8) is 0 Å². The Labute approximate surface area is 121 Å². The number of hydrogen-bond acceptors (Lipinski definition) is 3. The summed E-state index contributed by atoms with van der Waals surface area (Å²) < 4.78 is 5.10. The molecule has 1 saturated heterocycles. The second-order valence-electron chi connectivity index (χ2n) is 5.09. The molecule has 0 atom stereocenters. The zero-order chi connectivity index (χ0) is 13.2. The van der Waals surface area contributed by atoms with E-state index in [9.17, 15) is 0 Å². The van der Waals surface area contributed by atoms with Crippen molar-refractivity contribution >= 4 is 15.9 Å². The number of aryl methyl sites for hydroxylation is 1. The lowest BCUT2D eigenvalue weighted by Crippen LogP contribution is -2.34. The van der Waals surface area contributed by atoms with Gasteiger partial charge in [0.1, 0.15) is 0 Å². The maximum atomic E-state index is 4.39. The van der Waals surface area contributed by atoms with Gasteiger partial charge in [0.15, 0.2) is 0 Å². The lowest BCUT2D eigenvalue weighted by Gasteiger charge is -2.31. The van der Waals surface area contributed by atoms with Gasteiger partial charge in [0.25, 0.3) is 0 Å². The van der Waals surface area contributed by atoms with E-state index in [1.165, 1.54) is 5.69 Å². The molecular weight excluding hydrogens is 306 g/mol. The summed E-state index contributed by atoms with van der Waals surface area (Å²) in [6.45, 7) is 3.23. The smallest absolute Gasteiger partial charge is 0.0632 e. The Morgan fingerprint density at radius 1 is 1.32 bits per heavy atom. The fraction of sp³-hybridized carbons (Fsp3) is 0.538. The van der Waals surface area contributed by atoms with Gasteiger partial charge in [-0.2, -0.15) is 10.2 Å². The third kappa shape index (κ3) is 2.90. The molecule has 0 aromatic carbocycles. The van der Waals surface area contributed by atoms with E-state index in [1.807, 2.05) is 24.1 Å². The molecule has 3 heterocycles. The van der Waals surface area contributed by atoms with Gasteiger partial charge in [0, 0.05) is 39.1 Å². The van der Waals surface area contributed by atoms with Crippen molar-refractivity contribution in [2.75, 3.05) is 13.1 Å². The Bertz CT molecular complexity index is 539. The van der Waals surface area contributed by atoms with Gasteiger partial charge in [-0.05, 0) is 34.8 Å². The highest BCUT2D eigenvalue weighted by Crippen LogP contribution is 2.24. The zero-order valence-electron chi connectivity index (χ0n) is 11.0. The first-order chi connectivity index (χ1) is 9.22. The van der Waals surface area contributed by atoms with Crippen LogP contribution in [-0.4, -0.2) is 37.6 Å². The van der Waals surface area contributed by atoms with Gasteiger partial charge in [0.2, 0.25) is 0 Å². The average Bonchev–Trinajstić information content (AvgIpc) is 3.00. The lowest BCUT2D eigenvalue weighted by molar-refractivity contribution is 0.170. The van der Waals surface area contributed by atoms with Crippen LogP contribution in [0.15, 0.2) is 29.1 Å². The highest BCUT2D eigenvalue weighted by Gasteiger charge is 2.21. The SMILES string of the molecule is Cn1nccc1CN1CCC(n2cc(Br)cn2)CC1. The minimum atomic E-state index is 0.536. The molecule has 1 fully saturated rings. The van der Waals surface area contributed by atoms with Crippen LogP contribution in [0.4, 0.5) is 0 Å². The second-order valence-corrected chi connectivity index (χ2v) is 6.01. The van der Waals surface area contributed by atoms with Crippen molar-refractivity contribution in [1.82, 2.24) is 24.5 Å². The van der Waals surface area contributed by atoms with Crippen LogP contribution in [0, 0.1) is 0 Å². The minimum absolute atomic E-state index is 0.536. The van der Waals surface area contributed by atoms with Gasteiger partial charge in [-0.3, -0.25) is 14.3 Å². The monoisotopic (exact) mass is 323 g/mol. The van der Waals surface area contributed by atoms with Crippen molar-refractivity contribution in [2.24, 2.45) is 7.05 Å². The highest BCUT2D eigenvalue weighted by atomic mass is 79.9. The summed E-state index contributed by atoms with van der Waals surface area (Å²) in [7, 11) is 2.00. The summed E-state index contributed by atoms with van der Waals surface area (Å²) in [5, 5.41) is 8.61. The Balaban J connectivity index is 1.56. The van der Waals surface area contributed by atoms with Crippen LogP contribution in [-0.2, 0) is 13.6 Å². The molecule has 1 aliphatic rings. The Morgan fingerprint density at radius 3 is 2.68 bits per heavy atom. The van der Waals surface area contributed by atoms with Crippen LogP contribution in [0.5, 0.6) is 0 Å². The van der Waals surface area contributed by atoms with Crippen LogP contribution in [0.25, 0.3) is 0 Å². The van der Waals surface area contributed by atoms with Crippen molar-refractivity contribution in [2.45, 2.75) is 25.4 Å². The number of hydrogen-bond donors (Lipinski definition) is 0. The molecule has 0 unspecified atom stereocenters. The molecule has 0 aliphatic carbocycles. The molecule has 0 bridgehead atoms. The molecule has 6 heteroatoms. The molecular formula is C13H18BrN5. The average molecular weight is 324 g/mol. The van der Waals surface area contributed by atoms with Crippen molar-refractivity contribution in [3.05, 3.63) is 34.8 Å². The number of likely N-dealkylation sites (tertiary alicyclic amines) is 1. The van der Waals surface area contributed by atoms with Gasteiger partial charge in [-0.1, -0.05) is 0 Å². The first-order valence-electron chi connectivity index (χ1n) is 6.61. The van der Waals surface area contributed by atoms with E-state index < -0.39 is 0 Å². The molecule has 5 nitrogen and oxygen atoms in total. The fourth-order valence-electron chi connectivity index (χ4n) is 2.64. The summed E-state index contributed by atoms with van der Waals surface area (Å²) in [5.41, 5.74) is 1.28. The molecule has 1 aliphatic heterocycles. The molecule has 2 aromatic heterocycles. The molecule has 3 rings (SSSR count). The molecule has 19 heavy (non-hydrogen) atoms. The van der Waals surface area contributed by atoms with Crippen molar-refractivity contribution < 1.29 is 0 Å². The molecule has 2 aromatic rings. The number of piperidine rings is 1. The zero-order valence-corrected chi connectivity index (χ0v) is 12.6. The first kappa shape index (κ1) is 12.9. The standard InChI is InChI=1S/C13H18BrN5/c1-17-13(2-5-15-17)10-18-6-3-12(4-7-18)19-9-11(14)8-16-19/h2,5,8-9,12H,3-4,6-7,10H2,1H3. The van der Waals surface area contributed by atoms with Crippen LogP contribution in [0.1, 0.15) is 24.6 Å². The summed E-state index contributed by atoms with van der Waals surface area (Å²) in [6, 6.07) is 2.63. The van der Waals surface area contributed by atoms with Gasteiger partial charge in [-0.15, -0.1) is 0 Å². The predicted octanol–water partition coefficient (Wildman–Crippen LogP) is 2.22. The third-order valence-electron chi connectivity index (χ3n) is 3.81. The van der Waals surface area contributed by atoms with E-state index in [2.05, 4.69) is 48.0 Å². The van der Waals surface area contributed by atoms with E-state index >= 15 is 0 Å². The first-order valence-corrected chi connectivity index (χ1v) is 7.40. The van der Waals surface area contributed by atoms with E-state index in [4.69, 9.17) is 0 Å². The van der Waals surface area contributed by atoms with Crippen LogP contribution in [0.2, 0.25) is 0 Å². The number of halogens is 1. The summed E-state index contributed by atoms with van der Waals surface area (Å²) in [4.78, 5) is 2.49. The number of nitrogens with zero attached hydrogens (tertiary/aromatic N) is 5. The molecule has 0 radical (unpaired) electrons. The quantitative estimate of drug-likeness (QED) is 0.869. The molecule has 0 spiro atoms. The second kappa shape index (κ2) is 5.46. The minimum Gasteiger partial charge on any atom is -0.297 e. The van der Waals surface area contributed by atoms with Crippen molar-refractivity contribution in [3.8, 4) is 0 Å². The molecule has 0 saturated carbocycles. The van der Waals surface area contributed by atoms with Gasteiger partial charge >= 0.3 is 0 Å². The lowest BCUT2D eigenvalue weighted by atomic mass is 10.1. The van der Waals surface area contributed by atoms with Gasteiger partial charge < -0.3 is 0 Å². The summed E-state index contributed by atoms with van der Waals surface area (Å²) in [6.07, 6.45) is 8.12. The molecule has 102 valence electrons. The Morgan fingerprint density at radius 2 is 2.11 bits per heavy atom. The van der Waals surface area contributed by atoms with Crippen LogP contribution >= 0.6 is 15.9 Å². The van der Waals surface area contributed by atoms with E-state index in [1.54, 1.807) is 0 Å². The maximum Gasteiger partial charge on any atom is 0.0632 e. The topological polar surface area (TPSA) is 38.9 Å². The van der Waals surface area contributed by atoms with Gasteiger partial charge in [-0.25, -0.2) is 0 Å². The largest absolute Gasteiger partial charge is 0.297 e. The number of rotatable bonds is 3. The Hall–Kier alpha value is -1.14. The van der Waals surface area contributed by atoms with Crippen LogP contribution < -0.4 is 0 Å². The Kier molecular flexibility index (Phi) is 3.70. The summed E-state index contributed by atoms with van der Waals surface area (Å²) in [5.74, 6) is 0. The molecule has 0 N–H and O–H groups in total. The fourth-order valence-corrected chi connectivity index (χ4v) is 2.94. The normalized spacial score (nSPS) is 18.0. The van der Waals surface area contributed by atoms with E-state index in [-0.39, 0.29) is 0 Å². The highest BCUT2D eigenvalue weighted by molar-refractivity contribution is 9.10.